The summed E-state index contributed by atoms with van der Waals surface area (Å²) in [5.41, 5.74) is 1.10. The topological polar surface area (TPSA) is 34.4 Å². The van der Waals surface area contributed by atoms with Crippen LogP contribution in [0, 0.1) is 0 Å². The first kappa shape index (κ1) is 16.6. The van der Waals surface area contributed by atoms with Crippen molar-refractivity contribution < 1.29 is 9.15 Å². The molecule has 5 heteroatoms. The summed E-state index contributed by atoms with van der Waals surface area (Å²) in [5.74, 6) is 1.87. The van der Waals surface area contributed by atoms with E-state index in [4.69, 9.17) is 9.15 Å². The largest absolute Gasteiger partial charge is 0.460 e. The van der Waals surface area contributed by atoms with Gasteiger partial charge in [-0.3, -0.25) is 0 Å². The standard InChI is InChI=1S/C16H18BrNO2.ClH/c17-13-5-3-12(4-6-13)16-8-7-15(20-16)11-18-10-14-2-1-9-19-14;/h3-8,14,18H,1-2,9-11H2;1H. The molecule has 1 saturated heterocycles. The van der Waals surface area contributed by atoms with Gasteiger partial charge in [-0.1, -0.05) is 28.1 Å². The van der Waals surface area contributed by atoms with E-state index in [1.54, 1.807) is 0 Å². The number of benzene rings is 1. The highest BCUT2D eigenvalue weighted by atomic mass is 79.9. The van der Waals surface area contributed by atoms with Crippen LogP contribution in [0.2, 0.25) is 0 Å². The smallest absolute Gasteiger partial charge is 0.134 e. The molecule has 3 nitrogen and oxygen atoms in total. The van der Waals surface area contributed by atoms with Gasteiger partial charge in [0.2, 0.25) is 0 Å². The number of halogens is 2. The van der Waals surface area contributed by atoms with Crippen molar-refractivity contribution >= 4 is 28.3 Å². The van der Waals surface area contributed by atoms with Crippen LogP contribution in [0.25, 0.3) is 11.3 Å². The van der Waals surface area contributed by atoms with Crippen molar-refractivity contribution in [2.45, 2.75) is 25.5 Å². The molecule has 1 atom stereocenters. The second-order valence-corrected chi connectivity index (χ2v) is 5.95. The fourth-order valence-electron chi connectivity index (χ4n) is 2.40. The van der Waals surface area contributed by atoms with Crippen LogP contribution in [0.1, 0.15) is 18.6 Å². The summed E-state index contributed by atoms with van der Waals surface area (Å²) in [6, 6.07) is 12.2. The zero-order valence-electron chi connectivity index (χ0n) is 11.7. The normalized spacial score (nSPS) is 17.7. The molecule has 1 aromatic carbocycles. The molecule has 21 heavy (non-hydrogen) atoms. The highest BCUT2D eigenvalue weighted by Gasteiger charge is 2.14. The molecule has 0 bridgehead atoms. The van der Waals surface area contributed by atoms with Gasteiger partial charge in [0.25, 0.3) is 0 Å². The third-order valence-electron chi connectivity index (χ3n) is 3.49. The first-order valence-electron chi connectivity index (χ1n) is 6.98. The Morgan fingerprint density at radius 1 is 1.14 bits per heavy atom. The summed E-state index contributed by atoms with van der Waals surface area (Å²) < 4.78 is 12.5. The number of ether oxygens (including phenoxy) is 1. The molecule has 1 fully saturated rings. The van der Waals surface area contributed by atoms with Crippen molar-refractivity contribution in [2.24, 2.45) is 0 Å². The van der Waals surface area contributed by atoms with E-state index in [0.29, 0.717) is 6.10 Å². The van der Waals surface area contributed by atoms with E-state index in [0.717, 1.165) is 47.7 Å². The summed E-state index contributed by atoms with van der Waals surface area (Å²) in [6.07, 6.45) is 2.71. The van der Waals surface area contributed by atoms with Gasteiger partial charge in [-0.05, 0) is 37.1 Å². The molecule has 0 amide bonds. The van der Waals surface area contributed by atoms with Gasteiger partial charge in [-0.15, -0.1) is 12.4 Å². The van der Waals surface area contributed by atoms with Crippen LogP contribution in [0.5, 0.6) is 0 Å². The Morgan fingerprint density at radius 3 is 2.67 bits per heavy atom. The van der Waals surface area contributed by atoms with Crippen LogP contribution < -0.4 is 5.32 Å². The average molecular weight is 373 g/mol. The molecule has 0 saturated carbocycles. The zero-order valence-corrected chi connectivity index (χ0v) is 14.1. The van der Waals surface area contributed by atoms with Crippen LogP contribution in [-0.4, -0.2) is 19.3 Å². The lowest BCUT2D eigenvalue weighted by Crippen LogP contribution is -2.25. The Bertz CT molecular complexity index is 550. The second kappa shape index (κ2) is 7.99. The maximum absolute atomic E-state index is 5.86. The van der Waals surface area contributed by atoms with Crippen LogP contribution >= 0.6 is 28.3 Å². The van der Waals surface area contributed by atoms with Crippen molar-refractivity contribution in [2.75, 3.05) is 13.2 Å². The number of rotatable bonds is 5. The van der Waals surface area contributed by atoms with Gasteiger partial charge < -0.3 is 14.5 Å². The average Bonchev–Trinajstić information content (AvgIpc) is 3.11. The Kier molecular flexibility index (Phi) is 6.30. The number of hydrogen-bond acceptors (Lipinski definition) is 3. The molecule has 114 valence electrons. The fourth-order valence-corrected chi connectivity index (χ4v) is 2.67. The Morgan fingerprint density at radius 2 is 1.95 bits per heavy atom. The van der Waals surface area contributed by atoms with Crippen LogP contribution in [0.3, 0.4) is 0 Å². The molecule has 1 N–H and O–H groups in total. The first-order chi connectivity index (χ1) is 9.81. The van der Waals surface area contributed by atoms with E-state index in [9.17, 15) is 0 Å². The molecule has 2 heterocycles. The monoisotopic (exact) mass is 371 g/mol. The van der Waals surface area contributed by atoms with E-state index in [-0.39, 0.29) is 12.4 Å². The van der Waals surface area contributed by atoms with Crippen LogP contribution in [-0.2, 0) is 11.3 Å². The number of nitrogens with one attached hydrogen (secondary N) is 1. The van der Waals surface area contributed by atoms with Crippen LogP contribution in [0.4, 0.5) is 0 Å². The molecular formula is C16H19BrClNO2. The minimum atomic E-state index is 0. The summed E-state index contributed by atoms with van der Waals surface area (Å²) in [5, 5.41) is 3.39. The quantitative estimate of drug-likeness (QED) is 0.845. The second-order valence-electron chi connectivity index (χ2n) is 5.04. The maximum atomic E-state index is 5.86. The molecule has 1 aliphatic rings. The molecule has 0 aliphatic carbocycles. The predicted molar refractivity (Wildman–Crippen MR) is 89.8 cm³/mol. The minimum absolute atomic E-state index is 0. The van der Waals surface area contributed by atoms with E-state index in [1.807, 2.05) is 36.4 Å². The highest BCUT2D eigenvalue weighted by Crippen LogP contribution is 2.24. The van der Waals surface area contributed by atoms with E-state index >= 15 is 0 Å². The maximum Gasteiger partial charge on any atom is 0.134 e. The van der Waals surface area contributed by atoms with Gasteiger partial charge in [0.05, 0.1) is 12.6 Å². The molecule has 3 rings (SSSR count). The molecule has 0 spiro atoms. The summed E-state index contributed by atoms with van der Waals surface area (Å²) in [7, 11) is 0. The van der Waals surface area contributed by atoms with Crippen molar-refractivity contribution in [3.63, 3.8) is 0 Å². The predicted octanol–water partition coefficient (Wildman–Crippen LogP) is 4.40. The van der Waals surface area contributed by atoms with Crippen molar-refractivity contribution in [3.05, 3.63) is 46.6 Å². The third kappa shape index (κ3) is 4.58. The zero-order chi connectivity index (χ0) is 13.8. The molecule has 1 unspecified atom stereocenters. The Balaban J connectivity index is 0.00000161. The number of hydrogen-bond donors (Lipinski definition) is 1. The van der Waals surface area contributed by atoms with Gasteiger partial charge in [0.1, 0.15) is 11.5 Å². The van der Waals surface area contributed by atoms with Crippen molar-refractivity contribution in [1.29, 1.82) is 0 Å². The summed E-state index contributed by atoms with van der Waals surface area (Å²) in [6.45, 7) is 2.55. The lowest BCUT2D eigenvalue weighted by molar-refractivity contribution is 0.109. The fraction of sp³-hybridized carbons (Fsp3) is 0.375. The van der Waals surface area contributed by atoms with Gasteiger partial charge in [0.15, 0.2) is 0 Å². The molecule has 1 aromatic heterocycles. The lowest BCUT2D eigenvalue weighted by atomic mass is 10.2. The first-order valence-corrected chi connectivity index (χ1v) is 7.77. The Labute approximate surface area is 139 Å². The van der Waals surface area contributed by atoms with Gasteiger partial charge in [-0.2, -0.15) is 0 Å². The van der Waals surface area contributed by atoms with E-state index in [2.05, 4.69) is 21.2 Å². The van der Waals surface area contributed by atoms with Crippen molar-refractivity contribution in [1.82, 2.24) is 5.32 Å². The molecular weight excluding hydrogens is 354 g/mol. The highest BCUT2D eigenvalue weighted by molar-refractivity contribution is 9.10. The molecule has 1 aliphatic heterocycles. The van der Waals surface area contributed by atoms with E-state index < -0.39 is 0 Å². The van der Waals surface area contributed by atoms with E-state index in [1.165, 1.54) is 6.42 Å². The third-order valence-corrected chi connectivity index (χ3v) is 4.01. The van der Waals surface area contributed by atoms with Gasteiger partial charge in [0, 0.05) is 23.2 Å². The molecule has 0 radical (unpaired) electrons. The van der Waals surface area contributed by atoms with Gasteiger partial charge in [-0.25, -0.2) is 0 Å². The summed E-state index contributed by atoms with van der Waals surface area (Å²) in [4.78, 5) is 0. The number of furan rings is 1. The minimum Gasteiger partial charge on any atom is -0.460 e. The lowest BCUT2D eigenvalue weighted by Gasteiger charge is -2.09. The SMILES string of the molecule is Brc1ccc(-c2ccc(CNCC3CCCO3)o2)cc1.Cl. The van der Waals surface area contributed by atoms with Crippen LogP contribution in [0.15, 0.2) is 45.3 Å². The Hall–Kier alpha value is -0.810. The van der Waals surface area contributed by atoms with Gasteiger partial charge >= 0.3 is 0 Å². The summed E-state index contributed by atoms with van der Waals surface area (Å²) >= 11 is 3.44. The van der Waals surface area contributed by atoms with Crippen molar-refractivity contribution in [3.8, 4) is 11.3 Å². The molecule has 2 aromatic rings.